The zero-order valence-electron chi connectivity index (χ0n) is 11.3. The maximum Gasteiger partial charge on any atom is 0.320 e. The van der Waals surface area contributed by atoms with E-state index in [9.17, 15) is 9.59 Å². The molecule has 2 heterocycles. The second kappa shape index (κ2) is 6.38. The molecule has 1 atom stereocenters. The van der Waals surface area contributed by atoms with Crippen molar-refractivity contribution >= 4 is 12.0 Å². The number of amides is 2. The van der Waals surface area contributed by atoms with Crippen LogP contribution in [-0.2, 0) is 11.3 Å². The number of carboxylic acids is 1. The number of rotatable bonds is 4. The fourth-order valence-electron chi connectivity index (χ4n) is 2.08. The largest absolute Gasteiger partial charge is 0.480 e. The molecule has 8 heteroatoms. The van der Waals surface area contributed by atoms with Gasteiger partial charge in [-0.3, -0.25) is 9.69 Å². The molecule has 2 N–H and O–H groups in total. The maximum atomic E-state index is 11.9. The number of urea groups is 1. The predicted octanol–water partition coefficient (Wildman–Crippen LogP) is -0.0251. The smallest absolute Gasteiger partial charge is 0.320 e. The molecule has 0 saturated carbocycles. The van der Waals surface area contributed by atoms with Gasteiger partial charge in [-0.05, 0) is 6.92 Å². The van der Waals surface area contributed by atoms with Gasteiger partial charge in [-0.2, -0.15) is 0 Å². The summed E-state index contributed by atoms with van der Waals surface area (Å²) in [6, 6.07) is 0.998. The minimum atomic E-state index is -0.839. The summed E-state index contributed by atoms with van der Waals surface area (Å²) in [7, 11) is 0. The molecule has 1 saturated heterocycles. The summed E-state index contributed by atoms with van der Waals surface area (Å²) in [6.45, 7) is 4.13. The fourth-order valence-corrected chi connectivity index (χ4v) is 2.08. The summed E-state index contributed by atoms with van der Waals surface area (Å²) in [4.78, 5) is 26.3. The first kappa shape index (κ1) is 14.3. The van der Waals surface area contributed by atoms with E-state index < -0.39 is 12.0 Å². The van der Waals surface area contributed by atoms with E-state index in [2.05, 4.69) is 15.0 Å². The average Bonchev–Trinajstić information content (AvgIpc) is 2.97. The number of aliphatic carboxylic acids is 1. The van der Waals surface area contributed by atoms with E-state index in [-0.39, 0.29) is 6.03 Å². The first-order chi connectivity index (χ1) is 9.58. The number of piperazine rings is 1. The van der Waals surface area contributed by atoms with Crippen LogP contribution >= 0.6 is 0 Å². The lowest BCUT2D eigenvalue weighted by atomic mass is 10.2. The van der Waals surface area contributed by atoms with E-state index in [1.54, 1.807) is 17.9 Å². The van der Waals surface area contributed by atoms with Gasteiger partial charge >= 0.3 is 12.0 Å². The Balaban J connectivity index is 1.75. The molecule has 2 rings (SSSR count). The molecule has 0 spiro atoms. The van der Waals surface area contributed by atoms with Gasteiger partial charge < -0.3 is 19.8 Å². The number of carbonyl (C=O) groups is 2. The predicted molar refractivity (Wildman–Crippen MR) is 69.0 cm³/mol. The van der Waals surface area contributed by atoms with Crippen LogP contribution < -0.4 is 5.32 Å². The first-order valence-electron chi connectivity index (χ1n) is 6.47. The quantitative estimate of drug-likeness (QED) is 0.805. The summed E-state index contributed by atoms with van der Waals surface area (Å²) in [5.74, 6) is -0.839. The Hall–Kier alpha value is -2.09. The number of hydrogen-bond acceptors (Lipinski definition) is 5. The molecule has 1 aliphatic rings. The van der Waals surface area contributed by atoms with Crippen LogP contribution in [0, 0.1) is 0 Å². The number of nitrogens with zero attached hydrogens (tertiary/aromatic N) is 3. The van der Waals surface area contributed by atoms with E-state index in [4.69, 9.17) is 5.11 Å². The molecule has 1 fully saturated rings. The van der Waals surface area contributed by atoms with Gasteiger partial charge in [-0.25, -0.2) is 4.79 Å². The third kappa shape index (κ3) is 3.47. The topological polar surface area (TPSA) is 98.9 Å². The molecule has 0 bridgehead atoms. The van der Waals surface area contributed by atoms with Crippen molar-refractivity contribution in [2.75, 3.05) is 26.2 Å². The molecule has 0 aliphatic carbocycles. The van der Waals surface area contributed by atoms with Crippen molar-refractivity contribution in [1.29, 1.82) is 0 Å². The van der Waals surface area contributed by atoms with Gasteiger partial charge in [0.05, 0.1) is 6.54 Å². The molecule has 1 unspecified atom stereocenters. The highest BCUT2D eigenvalue weighted by Gasteiger charge is 2.26. The lowest BCUT2D eigenvalue weighted by Crippen LogP contribution is -2.55. The summed E-state index contributed by atoms with van der Waals surface area (Å²) in [6.07, 6.45) is 1.45. The normalized spacial score (nSPS) is 17.8. The molecule has 1 aliphatic heterocycles. The van der Waals surface area contributed by atoms with Gasteiger partial charge in [0.2, 0.25) is 0 Å². The lowest BCUT2D eigenvalue weighted by molar-refractivity contribution is -0.143. The third-order valence-corrected chi connectivity index (χ3v) is 3.42. The molecular formula is C12H18N4O4. The maximum absolute atomic E-state index is 11.9. The van der Waals surface area contributed by atoms with Crippen LogP contribution in [0.5, 0.6) is 0 Å². The van der Waals surface area contributed by atoms with E-state index in [1.807, 2.05) is 4.90 Å². The van der Waals surface area contributed by atoms with Gasteiger partial charge in [-0.1, -0.05) is 5.16 Å². The Morgan fingerprint density at radius 3 is 2.70 bits per heavy atom. The van der Waals surface area contributed by atoms with Crippen molar-refractivity contribution in [2.45, 2.75) is 19.5 Å². The van der Waals surface area contributed by atoms with Crippen LogP contribution in [0.15, 0.2) is 16.9 Å². The van der Waals surface area contributed by atoms with Crippen LogP contribution in [0.3, 0.4) is 0 Å². The molecular weight excluding hydrogens is 264 g/mol. The molecule has 1 aromatic rings. The molecule has 8 nitrogen and oxygen atoms in total. The van der Waals surface area contributed by atoms with E-state index in [1.165, 1.54) is 6.26 Å². The van der Waals surface area contributed by atoms with E-state index in [0.717, 1.165) is 0 Å². The molecule has 2 amide bonds. The fraction of sp³-hybridized carbons (Fsp3) is 0.583. The molecule has 0 radical (unpaired) electrons. The number of aromatic nitrogens is 1. The van der Waals surface area contributed by atoms with Crippen molar-refractivity contribution in [3.05, 3.63) is 18.0 Å². The van der Waals surface area contributed by atoms with Gasteiger partial charge in [0.25, 0.3) is 0 Å². The molecule has 20 heavy (non-hydrogen) atoms. The van der Waals surface area contributed by atoms with Crippen LogP contribution in [0.4, 0.5) is 4.79 Å². The summed E-state index contributed by atoms with van der Waals surface area (Å²) in [5, 5.41) is 15.4. The number of nitrogens with one attached hydrogen (secondary N) is 1. The molecule has 110 valence electrons. The van der Waals surface area contributed by atoms with Crippen LogP contribution in [-0.4, -0.2) is 64.3 Å². The van der Waals surface area contributed by atoms with Gasteiger partial charge in [0.1, 0.15) is 18.0 Å². The second-order valence-electron chi connectivity index (χ2n) is 4.69. The number of carbonyl (C=O) groups excluding carboxylic acids is 1. The minimum absolute atomic E-state index is 0.171. The summed E-state index contributed by atoms with van der Waals surface area (Å²) < 4.78 is 4.68. The first-order valence-corrected chi connectivity index (χ1v) is 6.47. The highest BCUT2D eigenvalue weighted by molar-refractivity contribution is 5.74. The third-order valence-electron chi connectivity index (χ3n) is 3.42. The molecule has 0 aromatic carbocycles. The van der Waals surface area contributed by atoms with Gasteiger partial charge in [0, 0.05) is 32.2 Å². The van der Waals surface area contributed by atoms with E-state index >= 15 is 0 Å². The Morgan fingerprint density at radius 1 is 1.45 bits per heavy atom. The Labute approximate surface area is 116 Å². The Bertz CT molecular complexity index is 454. The van der Waals surface area contributed by atoms with Crippen LogP contribution in [0.1, 0.15) is 12.6 Å². The van der Waals surface area contributed by atoms with Crippen molar-refractivity contribution in [3.63, 3.8) is 0 Å². The summed E-state index contributed by atoms with van der Waals surface area (Å²) >= 11 is 0. The lowest BCUT2D eigenvalue weighted by Gasteiger charge is -2.36. The van der Waals surface area contributed by atoms with Crippen molar-refractivity contribution < 1.29 is 19.2 Å². The van der Waals surface area contributed by atoms with Crippen LogP contribution in [0.25, 0.3) is 0 Å². The van der Waals surface area contributed by atoms with Gasteiger partial charge in [0.15, 0.2) is 0 Å². The second-order valence-corrected chi connectivity index (χ2v) is 4.69. The monoisotopic (exact) mass is 282 g/mol. The Morgan fingerprint density at radius 2 is 2.15 bits per heavy atom. The zero-order valence-corrected chi connectivity index (χ0v) is 11.3. The highest BCUT2D eigenvalue weighted by Crippen LogP contribution is 2.07. The van der Waals surface area contributed by atoms with Crippen molar-refractivity contribution in [1.82, 2.24) is 20.3 Å². The van der Waals surface area contributed by atoms with Gasteiger partial charge in [-0.15, -0.1) is 0 Å². The standard InChI is InChI=1S/C12H18N4O4/c1-9(11(17)18)15-3-5-16(6-4-15)12(19)13-8-10-2-7-20-14-10/h2,7,9H,3-6,8H2,1H3,(H,13,19)(H,17,18). The molecule has 1 aromatic heterocycles. The zero-order chi connectivity index (χ0) is 14.5. The van der Waals surface area contributed by atoms with E-state index in [0.29, 0.717) is 38.4 Å². The highest BCUT2D eigenvalue weighted by atomic mass is 16.5. The van der Waals surface area contributed by atoms with Crippen molar-refractivity contribution in [2.24, 2.45) is 0 Å². The Kier molecular flexibility index (Phi) is 4.57. The summed E-state index contributed by atoms with van der Waals surface area (Å²) in [5.41, 5.74) is 0.663. The number of hydrogen-bond donors (Lipinski definition) is 2. The number of carboxylic acid groups (broad SMARTS) is 1. The average molecular weight is 282 g/mol. The SMILES string of the molecule is CC(C(=O)O)N1CCN(C(=O)NCc2ccon2)CC1. The van der Waals surface area contributed by atoms with Crippen molar-refractivity contribution in [3.8, 4) is 0 Å². The minimum Gasteiger partial charge on any atom is -0.480 e. The van der Waals surface area contributed by atoms with Crippen LogP contribution in [0.2, 0.25) is 0 Å².